The van der Waals surface area contributed by atoms with Crippen LogP contribution < -0.4 is 0 Å². The summed E-state index contributed by atoms with van der Waals surface area (Å²) in [6, 6.07) is 0. The number of aliphatic hydroxyl groups excluding tert-OH is 1. The van der Waals surface area contributed by atoms with E-state index in [1.807, 2.05) is 19.1 Å². The van der Waals surface area contributed by atoms with E-state index in [1.165, 1.54) is 0 Å². The van der Waals surface area contributed by atoms with Crippen molar-refractivity contribution in [1.82, 2.24) is 0 Å². The summed E-state index contributed by atoms with van der Waals surface area (Å²) in [5.74, 6) is 0. The molecule has 1 unspecified atom stereocenters. The highest BCUT2D eigenvalue weighted by atomic mass is 79.9. The van der Waals surface area contributed by atoms with Crippen LogP contribution in [0, 0.1) is 0 Å². The summed E-state index contributed by atoms with van der Waals surface area (Å²) in [7, 11) is 0. The molecule has 2 heteroatoms. The van der Waals surface area contributed by atoms with Gasteiger partial charge in [0.2, 0.25) is 0 Å². The van der Waals surface area contributed by atoms with Gasteiger partial charge in [-0.1, -0.05) is 35.0 Å². The first-order valence-electron chi connectivity index (χ1n) is 3.80. The normalized spacial score (nSPS) is 16.8. The highest BCUT2D eigenvalue weighted by Gasteiger charge is 2.02. The Bertz CT molecular complexity index is 164. The summed E-state index contributed by atoms with van der Waals surface area (Å²) in [4.78, 5) is 0. The van der Waals surface area contributed by atoms with Crippen molar-refractivity contribution in [3.05, 3.63) is 22.2 Å². The van der Waals surface area contributed by atoms with Crippen molar-refractivity contribution in [1.29, 1.82) is 0 Å². The van der Waals surface area contributed by atoms with Gasteiger partial charge in [-0.25, -0.2) is 0 Å². The molecule has 0 heterocycles. The number of hydrogen-bond donors (Lipinski definition) is 1. The van der Waals surface area contributed by atoms with Gasteiger partial charge in [0.1, 0.15) is 0 Å². The Morgan fingerprint density at radius 1 is 1.64 bits per heavy atom. The third-order valence-electron chi connectivity index (χ3n) is 1.38. The van der Waals surface area contributed by atoms with Crippen molar-refractivity contribution in [2.45, 2.75) is 33.3 Å². The number of aliphatic hydroxyl groups is 1. The second-order valence-corrected chi connectivity index (χ2v) is 3.66. The molecule has 0 aromatic carbocycles. The Hall–Kier alpha value is -0.0800. The molecule has 0 aromatic heterocycles. The summed E-state index contributed by atoms with van der Waals surface area (Å²) >= 11 is 3.34. The molecule has 0 spiro atoms. The Kier molecular flexibility index (Phi) is 5.51. The molecule has 64 valence electrons. The zero-order chi connectivity index (χ0) is 8.85. The molecule has 1 atom stereocenters. The molecule has 0 amide bonds. The second kappa shape index (κ2) is 5.56. The van der Waals surface area contributed by atoms with Gasteiger partial charge in [-0.15, -0.1) is 0 Å². The van der Waals surface area contributed by atoms with Crippen molar-refractivity contribution in [3.8, 4) is 0 Å². The number of allylic oxidation sites excluding steroid dienone is 2. The lowest BCUT2D eigenvalue weighted by atomic mass is 10.1. The van der Waals surface area contributed by atoms with Crippen molar-refractivity contribution in [2.75, 3.05) is 0 Å². The fourth-order valence-electron chi connectivity index (χ4n) is 0.787. The molecule has 0 radical (unpaired) electrons. The topological polar surface area (TPSA) is 20.2 Å². The molecule has 0 aliphatic rings. The van der Waals surface area contributed by atoms with Crippen molar-refractivity contribution in [3.63, 3.8) is 0 Å². The van der Waals surface area contributed by atoms with Gasteiger partial charge < -0.3 is 5.11 Å². The SMILES string of the molecule is CC/C=C\C(=C(/C)Br)C(C)O. The lowest BCUT2D eigenvalue weighted by molar-refractivity contribution is 0.235. The van der Waals surface area contributed by atoms with Crippen LogP contribution in [0.4, 0.5) is 0 Å². The molecule has 11 heavy (non-hydrogen) atoms. The number of rotatable bonds is 3. The fraction of sp³-hybridized carbons (Fsp3) is 0.556. The van der Waals surface area contributed by atoms with Gasteiger partial charge in [0.25, 0.3) is 0 Å². The maximum absolute atomic E-state index is 9.27. The van der Waals surface area contributed by atoms with Gasteiger partial charge in [-0.2, -0.15) is 0 Å². The van der Waals surface area contributed by atoms with Gasteiger partial charge in [0, 0.05) is 0 Å². The molecule has 0 rings (SSSR count). The van der Waals surface area contributed by atoms with E-state index in [-0.39, 0.29) is 0 Å². The molecule has 0 saturated heterocycles. The standard InChI is InChI=1S/C9H15BrO/c1-4-5-6-9(7(2)10)8(3)11/h5-6,8,11H,4H2,1-3H3/b6-5-,9-7-. The van der Waals surface area contributed by atoms with Crippen LogP contribution in [-0.2, 0) is 0 Å². The van der Waals surface area contributed by atoms with Crippen LogP contribution in [0.2, 0.25) is 0 Å². The van der Waals surface area contributed by atoms with E-state index in [0.29, 0.717) is 0 Å². The first kappa shape index (κ1) is 10.9. The lowest BCUT2D eigenvalue weighted by Gasteiger charge is -2.06. The van der Waals surface area contributed by atoms with E-state index in [0.717, 1.165) is 16.5 Å². The molecular formula is C9H15BrO. The van der Waals surface area contributed by atoms with Crippen LogP contribution in [0.15, 0.2) is 22.2 Å². The largest absolute Gasteiger partial charge is 0.389 e. The third kappa shape index (κ3) is 4.38. The Morgan fingerprint density at radius 2 is 2.18 bits per heavy atom. The minimum absolute atomic E-state index is 0.392. The Labute approximate surface area is 76.9 Å². The lowest BCUT2D eigenvalue weighted by Crippen LogP contribution is -2.02. The first-order chi connectivity index (χ1) is 5.09. The highest BCUT2D eigenvalue weighted by Crippen LogP contribution is 2.16. The molecule has 0 bridgehead atoms. The zero-order valence-electron chi connectivity index (χ0n) is 7.26. The van der Waals surface area contributed by atoms with Gasteiger partial charge in [0.15, 0.2) is 0 Å². The monoisotopic (exact) mass is 218 g/mol. The van der Waals surface area contributed by atoms with Crippen LogP contribution in [0.1, 0.15) is 27.2 Å². The number of halogens is 1. The van der Waals surface area contributed by atoms with Crippen LogP contribution >= 0.6 is 15.9 Å². The second-order valence-electron chi connectivity index (χ2n) is 2.48. The third-order valence-corrected chi connectivity index (χ3v) is 1.84. The predicted molar refractivity (Wildman–Crippen MR) is 52.7 cm³/mol. The average molecular weight is 219 g/mol. The van der Waals surface area contributed by atoms with Crippen LogP contribution in [0.3, 0.4) is 0 Å². The summed E-state index contributed by atoms with van der Waals surface area (Å²) in [6.45, 7) is 5.77. The summed E-state index contributed by atoms with van der Waals surface area (Å²) in [5.41, 5.74) is 0.951. The minimum Gasteiger partial charge on any atom is -0.389 e. The molecule has 0 aromatic rings. The predicted octanol–water partition coefficient (Wildman–Crippen LogP) is 3.00. The van der Waals surface area contributed by atoms with E-state index in [4.69, 9.17) is 0 Å². The Balaban J connectivity index is 4.38. The van der Waals surface area contributed by atoms with E-state index >= 15 is 0 Å². The van der Waals surface area contributed by atoms with Crippen molar-refractivity contribution < 1.29 is 5.11 Å². The van der Waals surface area contributed by atoms with Gasteiger partial charge in [0.05, 0.1) is 6.10 Å². The molecule has 0 aliphatic carbocycles. The maximum Gasteiger partial charge on any atom is 0.0769 e. The Morgan fingerprint density at radius 3 is 2.45 bits per heavy atom. The van der Waals surface area contributed by atoms with Crippen LogP contribution in [0.25, 0.3) is 0 Å². The molecule has 1 nitrogen and oxygen atoms in total. The highest BCUT2D eigenvalue weighted by molar-refractivity contribution is 9.11. The maximum atomic E-state index is 9.27. The summed E-state index contributed by atoms with van der Waals surface area (Å²) < 4.78 is 0.997. The van der Waals surface area contributed by atoms with E-state index < -0.39 is 6.10 Å². The average Bonchev–Trinajstić information content (AvgIpc) is 1.87. The van der Waals surface area contributed by atoms with E-state index in [2.05, 4.69) is 22.9 Å². The van der Waals surface area contributed by atoms with Crippen molar-refractivity contribution in [2.24, 2.45) is 0 Å². The fourth-order valence-corrected chi connectivity index (χ4v) is 1.25. The molecule has 0 saturated carbocycles. The first-order valence-corrected chi connectivity index (χ1v) is 4.59. The minimum atomic E-state index is -0.392. The van der Waals surface area contributed by atoms with E-state index in [1.54, 1.807) is 6.92 Å². The zero-order valence-corrected chi connectivity index (χ0v) is 8.85. The van der Waals surface area contributed by atoms with Gasteiger partial charge >= 0.3 is 0 Å². The summed E-state index contributed by atoms with van der Waals surface area (Å²) in [5, 5.41) is 9.27. The number of hydrogen-bond acceptors (Lipinski definition) is 1. The van der Waals surface area contributed by atoms with Gasteiger partial charge in [-0.3, -0.25) is 0 Å². The van der Waals surface area contributed by atoms with Crippen molar-refractivity contribution >= 4 is 15.9 Å². The quantitative estimate of drug-likeness (QED) is 0.723. The molecular weight excluding hydrogens is 204 g/mol. The summed E-state index contributed by atoms with van der Waals surface area (Å²) in [6.07, 6.45) is 4.59. The smallest absolute Gasteiger partial charge is 0.0769 e. The van der Waals surface area contributed by atoms with Crippen LogP contribution in [-0.4, -0.2) is 11.2 Å². The molecule has 0 aliphatic heterocycles. The van der Waals surface area contributed by atoms with Crippen LogP contribution in [0.5, 0.6) is 0 Å². The van der Waals surface area contributed by atoms with Gasteiger partial charge in [-0.05, 0) is 30.3 Å². The van der Waals surface area contributed by atoms with E-state index in [9.17, 15) is 5.11 Å². The molecule has 1 N–H and O–H groups in total. The molecule has 0 fully saturated rings.